The van der Waals surface area contributed by atoms with E-state index < -0.39 is 11.0 Å². The molecule has 0 aromatic heterocycles. The van der Waals surface area contributed by atoms with Crippen LogP contribution in [0.2, 0.25) is 0 Å². The van der Waals surface area contributed by atoms with E-state index in [0.29, 0.717) is 6.42 Å². The Hall–Kier alpha value is -1.37. The van der Waals surface area contributed by atoms with Gasteiger partial charge in [-0.05, 0) is 31.7 Å². The molecular formula is C15H17NO2. The molecule has 2 saturated heterocycles. The Morgan fingerprint density at radius 3 is 2.61 bits per heavy atom. The molecule has 0 radical (unpaired) electrons. The van der Waals surface area contributed by atoms with E-state index in [2.05, 4.69) is 6.07 Å². The van der Waals surface area contributed by atoms with Crippen molar-refractivity contribution in [3.63, 3.8) is 0 Å². The summed E-state index contributed by atoms with van der Waals surface area (Å²) in [5, 5.41) is 20.6. The summed E-state index contributed by atoms with van der Waals surface area (Å²) >= 11 is 0. The standard InChI is InChI=1S/C15H17NO2/c1-14(17,11-5-3-2-4-6-11)15(10-16)9-12-7-8-13(15)18-12/h2-6,12-13,17H,7-9H2,1H3. The van der Waals surface area contributed by atoms with Crippen molar-refractivity contribution in [1.82, 2.24) is 0 Å². The van der Waals surface area contributed by atoms with Gasteiger partial charge in [-0.3, -0.25) is 0 Å². The van der Waals surface area contributed by atoms with E-state index in [4.69, 9.17) is 4.74 Å². The van der Waals surface area contributed by atoms with Gasteiger partial charge in [-0.15, -0.1) is 0 Å². The molecule has 18 heavy (non-hydrogen) atoms. The molecule has 94 valence electrons. The summed E-state index contributed by atoms with van der Waals surface area (Å²) in [6.45, 7) is 1.75. The van der Waals surface area contributed by atoms with Gasteiger partial charge in [0, 0.05) is 0 Å². The van der Waals surface area contributed by atoms with Crippen LogP contribution < -0.4 is 0 Å². The quantitative estimate of drug-likeness (QED) is 0.867. The van der Waals surface area contributed by atoms with Gasteiger partial charge in [0.05, 0.1) is 18.3 Å². The summed E-state index contributed by atoms with van der Waals surface area (Å²) in [6, 6.07) is 11.8. The van der Waals surface area contributed by atoms with Gasteiger partial charge in [0.15, 0.2) is 0 Å². The van der Waals surface area contributed by atoms with Crippen LogP contribution in [0.1, 0.15) is 31.7 Å². The molecule has 1 N–H and O–H groups in total. The van der Waals surface area contributed by atoms with Crippen molar-refractivity contribution >= 4 is 0 Å². The van der Waals surface area contributed by atoms with Gasteiger partial charge >= 0.3 is 0 Å². The largest absolute Gasteiger partial charge is 0.384 e. The first kappa shape index (κ1) is 11.7. The van der Waals surface area contributed by atoms with Gasteiger partial charge in [-0.2, -0.15) is 5.26 Å². The first-order valence-corrected chi connectivity index (χ1v) is 6.45. The summed E-state index contributed by atoms with van der Waals surface area (Å²) in [5.41, 5.74) is -1.18. The molecule has 0 amide bonds. The molecule has 2 fully saturated rings. The van der Waals surface area contributed by atoms with Gasteiger partial charge in [-0.1, -0.05) is 30.3 Å². The maximum Gasteiger partial charge on any atom is 0.118 e. The first-order valence-electron chi connectivity index (χ1n) is 6.45. The molecule has 2 aliphatic heterocycles. The van der Waals surface area contributed by atoms with Gasteiger partial charge in [0.1, 0.15) is 11.0 Å². The fourth-order valence-corrected chi connectivity index (χ4v) is 3.47. The van der Waals surface area contributed by atoms with E-state index in [1.807, 2.05) is 30.3 Å². The minimum Gasteiger partial charge on any atom is -0.384 e. The number of rotatable bonds is 2. The molecule has 1 aromatic carbocycles. The molecule has 2 aliphatic rings. The number of aliphatic hydroxyl groups is 1. The van der Waals surface area contributed by atoms with E-state index in [1.54, 1.807) is 6.92 Å². The number of nitrogens with zero attached hydrogens (tertiary/aromatic N) is 1. The molecule has 0 aliphatic carbocycles. The van der Waals surface area contributed by atoms with Gasteiger partial charge < -0.3 is 9.84 Å². The second-order valence-electron chi connectivity index (χ2n) is 5.55. The summed E-state index contributed by atoms with van der Waals surface area (Å²) in [5.74, 6) is 0. The highest BCUT2D eigenvalue weighted by atomic mass is 16.5. The summed E-state index contributed by atoms with van der Waals surface area (Å²) < 4.78 is 5.80. The monoisotopic (exact) mass is 243 g/mol. The van der Waals surface area contributed by atoms with Crippen LogP contribution in [0.4, 0.5) is 0 Å². The minimum atomic E-state index is -1.16. The summed E-state index contributed by atoms with van der Waals surface area (Å²) in [4.78, 5) is 0. The van der Waals surface area contributed by atoms with Crippen molar-refractivity contribution in [1.29, 1.82) is 5.26 Å². The Morgan fingerprint density at radius 1 is 1.39 bits per heavy atom. The molecule has 4 unspecified atom stereocenters. The van der Waals surface area contributed by atoms with Crippen LogP contribution in [-0.2, 0) is 10.3 Å². The second kappa shape index (κ2) is 3.81. The second-order valence-corrected chi connectivity index (χ2v) is 5.55. The van der Waals surface area contributed by atoms with E-state index in [0.717, 1.165) is 18.4 Å². The predicted octanol–water partition coefficient (Wildman–Crippen LogP) is 2.36. The highest BCUT2D eigenvalue weighted by molar-refractivity contribution is 5.31. The molecule has 0 saturated carbocycles. The average molecular weight is 243 g/mol. The van der Waals surface area contributed by atoms with Crippen LogP contribution in [0, 0.1) is 16.7 Å². The van der Waals surface area contributed by atoms with Crippen LogP contribution >= 0.6 is 0 Å². The minimum absolute atomic E-state index is 0.136. The Morgan fingerprint density at radius 2 is 2.11 bits per heavy atom. The lowest BCUT2D eigenvalue weighted by Gasteiger charge is -2.41. The van der Waals surface area contributed by atoms with Crippen LogP contribution in [0.15, 0.2) is 30.3 Å². The average Bonchev–Trinajstić information content (AvgIpc) is 3.00. The molecule has 3 nitrogen and oxygen atoms in total. The maximum absolute atomic E-state index is 11.0. The number of benzene rings is 1. The van der Waals surface area contributed by atoms with E-state index in [9.17, 15) is 10.4 Å². The van der Waals surface area contributed by atoms with Crippen molar-refractivity contribution in [3.05, 3.63) is 35.9 Å². The van der Waals surface area contributed by atoms with E-state index in [1.165, 1.54) is 0 Å². The Kier molecular flexibility index (Phi) is 2.48. The van der Waals surface area contributed by atoms with Gasteiger partial charge in [0.2, 0.25) is 0 Å². The Balaban J connectivity index is 2.05. The molecule has 0 spiro atoms. The topological polar surface area (TPSA) is 53.2 Å². The third kappa shape index (κ3) is 1.36. The molecule has 3 rings (SSSR count). The normalized spacial score (nSPS) is 37.2. The zero-order chi connectivity index (χ0) is 12.8. The number of hydrogen-bond acceptors (Lipinski definition) is 3. The molecule has 2 bridgehead atoms. The molecule has 4 atom stereocenters. The van der Waals surface area contributed by atoms with Crippen molar-refractivity contribution in [2.75, 3.05) is 0 Å². The van der Waals surface area contributed by atoms with Crippen molar-refractivity contribution in [3.8, 4) is 6.07 Å². The maximum atomic E-state index is 11.0. The lowest BCUT2D eigenvalue weighted by atomic mass is 9.62. The smallest absolute Gasteiger partial charge is 0.118 e. The van der Waals surface area contributed by atoms with Crippen LogP contribution in [-0.4, -0.2) is 17.3 Å². The molecule has 2 heterocycles. The number of fused-ring (bicyclic) bond motifs is 2. The molecule has 1 aromatic rings. The third-order valence-corrected chi connectivity index (χ3v) is 4.61. The fraction of sp³-hybridized carbons (Fsp3) is 0.533. The molecular weight excluding hydrogens is 226 g/mol. The summed E-state index contributed by atoms with van der Waals surface area (Å²) in [6.07, 6.45) is 2.53. The number of hydrogen-bond donors (Lipinski definition) is 1. The lowest BCUT2D eigenvalue weighted by Crippen LogP contribution is -2.49. The highest BCUT2D eigenvalue weighted by Crippen LogP contribution is 2.56. The highest BCUT2D eigenvalue weighted by Gasteiger charge is 2.62. The van der Waals surface area contributed by atoms with E-state index in [-0.39, 0.29) is 12.2 Å². The zero-order valence-electron chi connectivity index (χ0n) is 10.5. The van der Waals surface area contributed by atoms with Crippen molar-refractivity contribution < 1.29 is 9.84 Å². The van der Waals surface area contributed by atoms with Crippen LogP contribution in [0.3, 0.4) is 0 Å². The number of ether oxygens (including phenoxy) is 1. The molecule has 3 heteroatoms. The zero-order valence-corrected chi connectivity index (χ0v) is 10.5. The van der Waals surface area contributed by atoms with Crippen LogP contribution in [0.25, 0.3) is 0 Å². The van der Waals surface area contributed by atoms with Gasteiger partial charge in [-0.25, -0.2) is 0 Å². The lowest BCUT2D eigenvalue weighted by molar-refractivity contribution is -0.0773. The van der Waals surface area contributed by atoms with Gasteiger partial charge in [0.25, 0.3) is 0 Å². The summed E-state index contributed by atoms with van der Waals surface area (Å²) in [7, 11) is 0. The first-order chi connectivity index (χ1) is 8.60. The fourth-order valence-electron chi connectivity index (χ4n) is 3.47. The van der Waals surface area contributed by atoms with Crippen LogP contribution in [0.5, 0.6) is 0 Å². The Labute approximate surface area is 107 Å². The predicted molar refractivity (Wildman–Crippen MR) is 66.6 cm³/mol. The van der Waals surface area contributed by atoms with Crippen molar-refractivity contribution in [2.24, 2.45) is 5.41 Å². The Bertz CT molecular complexity index is 491. The SMILES string of the molecule is CC(O)(c1ccccc1)C1(C#N)CC2CCC1O2. The third-order valence-electron chi connectivity index (χ3n) is 4.61. The van der Waals surface area contributed by atoms with E-state index >= 15 is 0 Å². The van der Waals surface area contributed by atoms with Crippen molar-refractivity contribution in [2.45, 2.75) is 44.0 Å². The number of nitriles is 1.